The Morgan fingerprint density at radius 3 is 2.57 bits per heavy atom. The zero-order valence-corrected chi connectivity index (χ0v) is 16.9. The van der Waals surface area contributed by atoms with E-state index in [1.807, 2.05) is 17.5 Å². The van der Waals surface area contributed by atoms with Crippen molar-refractivity contribution in [1.29, 1.82) is 0 Å². The molecule has 0 saturated heterocycles. The van der Waals surface area contributed by atoms with Gasteiger partial charge in [-0.2, -0.15) is 0 Å². The van der Waals surface area contributed by atoms with Crippen LogP contribution < -0.4 is 9.47 Å². The van der Waals surface area contributed by atoms with E-state index in [9.17, 15) is 14.7 Å². The predicted molar refractivity (Wildman–Crippen MR) is 110 cm³/mol. The van der Waals surface area contributed by atoms with E-state index < -0.39 is 23.5 Å². The summed E-state index contributed by atoms with van der Waals surface area (Å²) >= 11 is 1.40. The van der Waals surface area contributed by atoms with E-state index in [-0.39, 0.29) is 24.5 Å². The van der Waals surface area contributed by atoms with Crippen molar-refractivity contribution in [3.05, 3.63) is 82.1 Å². The van der Waals surface area contributed by atoms with E-state index >= 15 is 0 Å². The predicted octanol–water partition coefficient (Wildman–Crippen LogP) is 4.01. The molecule has 0 saturated carbocycles. The third kappa shape index (κ3) is 3.69. The van der Waals surface area contributed by atoms with Crippen molar-refractivity contribution >= 4 is 23.0 Å². The largest absolute Gasteiger partial charge is 0.503 e. The van der Waals surface area contributed by atoms with E-state index in [4.69, 9.17) is 13.9 Å². The van der Waals surface area contributed by atoms with Crippen LogP contribution in [0.3, 0.4) is 0 Å². The second-order valence-corrected chi connectivity index (χ2v) is 7.49. The lowest BCUT2D eigenvalue weighted by Crippen LogP contribution is -2.34. The van der Waals surface area contributed by atoms with E-state index in [2.05, 4.69) is 0 Å². The lowest BCUT2D eigenvalue weighted by molar-refractivity contribution is -0.129. The van der Waals surface area contributed by atoms with Crippen LogP contribution in [0.1, 0.15) is 21.5 Å². The van der Waals surface area contributed by atoms with Crippen LogP contribution in [0.4, 0.5) is 0 Å². The Labute approximate surface area is 176 Å². The average Bonchev–Trinajstić information content (AvgIpc) is 3.52. The average molecular weight is 425 g/mol. The van der Waals surface area contributed by atoms with Gasteiger partial charge < -0.3 is 23.9 Å². The van der Waals surface area contributed by atoms with E-state index in [0.29, 0.717) is 11.5 Å². The van der Waals surface area contributed by atoms with Gasteiger partial charge in [0.2, 0.25) is 5.78 Å². The normalized spacial score (nSPS) is 16.2. The highest BCUT2D eigenvalue weighted by Gasteiger charge is 2.44. The molecular weight excluding hydrogens is 406 g/mol. The molecule has 3 heterocycles. The molecule has 154 valence electrons. The van der Waals surface area contributed by atoms with Crippen molar-refractivity contribution in [2.45, 2.75) is 6.04 Å². The molecule has 8 heteroatoms. The van der Waals surface area contributed by atoms with Gasteiger partial charge in [0.05, 0.1) is 31.5 Å². The number of benzene rings is 1. The monoisotopic (exact) mass is 425 g/mol. The molecule has 0 spiro atoms. The molecule has 1 unspecified atom stereocenters. The molecule has 0 fully saturated rings. The third-order valence-corrected chi connectivity index (χ3v) is 5.69. The zero-order valence-electron chi connectivity index (χ0n) is 16.1. The number of aliphatic hydroxyl groups excluding tert-OH is 1. The highest BCUT2D eigenvalue weighted by atomic mass is 32.1. The van der Waals surface area contributed by atoms with Gasteiger partial charge in [-0.05, 0) is 47.8 Å². The van der Waals surface area contributed by atoms with Gasteiger partial charge in [0.15, 0.2) is 11.5 Å². The molecule has 1 atom stereocenters. The van der Waals surface area contributed by atoms with Crippen LogP contribution in [0.2, 0.25) is 0 Å². The van der Waals surface area contributed by atoms with Crippen LogP contribution in [0.15, 0.2) is 75.9 Å². The number of carbonyl (C=O) groups excluding carboxylic acids is 2. The number of rotatable bonds is 8. The maximum atomic E-state index is 12.9. The van der Waals surface area contributed by atoms with E-state index in [0.717, 1.165) is 4.88 Å². The molecule has 1 aliphatic heterocycles. The standard InChI is InChI=1S/C22H19NO6S/c1-27-14-6-8-15(9-7-14)28-12-10-23-19(17-5-3-13-30-17)18(21(25)22(23)26)20(24)16-4-2-11-29-16/h2-9,11,13,19,25H,10,12H2,1H3. The number of methoxy groups -OCH3 is 1. The molecule has 0 radical (unpaired) electrons. The van der Waals surface area contributed by atoms with Gasteiger partial charge in [-0.3, -0.25) is 9.59 Å². The lowest BCUT2D eigenvalue weighted by atomic mass is 10.0. The first-order valence-electron chi connectivity index (χ1n) is 9.22. The molecule has 30 heavy (non-hydrogen) atoms. The number of thiophene rings is 1. The van der Waals surface area contributed by atoms with Crippen molar-refractivity contribution in [3.63, 3.8) is 0 Å². The van der Waals surface area contributed by atoms with Crippen LogP contribution in [0.5, 0.6) is 11.5 Å². The molecule has 1 aliphatic rings. The highest BCUT2D eigenvalue weighted by Crippen LogP contribution is 2.40. The molecule has 1 amide bonds. The van der Waals surface area contributed by atoms with Crippen LogP contribution in [0, 0.1) is 0 Å². The number of Topliss-reactive ketones (excluding diaryl/α,β-unsaturated/α-hetero) is 1. The minimum Gasteiger partial charge on any atom is -0.503 e. The van der Waals surface area contributed by atoms with Crippen LogP contribution in [-0.4, -0.2) is 42.0 Å². The molecule has 1 N–H and O–H groups in total. The first-order valence-corrected chi connectivity index (χ1v) is 10.1. The fraction of sp³-hybridized carbons (Fsp3) is 0.182. The molecule has 3 aromatic rings. The number of ether oxygens (including phenoxy) is 2. The Kier molecular flexibility index (Phi) is 5.58. The Bertz CT molecular complexity index is 1050. The summed E-state index contributed by atoms with van der Waals surface area (Å²) in [6, 6.07) is 13.1. The summed E-state index contributed by atoms with van der Waals surface area (Å²) in [6.45, 7) is 0.377. The van der Waals surface area contributed by atoms with Crippen LogP contribution in [0.25, 0.3) is 0 Å². The molecule has 7 nitrogen and oxygen atoms in total. The zero-order chi connectivity index (χ0) is 21.1. The fourth-order valence-electron chi connectivity index (χ4n) is 3.33. The second-order valence-electron chi connectivity index (χ2n) is 6.51. The number of aliphatic hydroxyl groups is 1. The Balaban J connectivity index is 1.55. The molecule has 0 bridgehead atoms. The van der Waals surface area contributed by atoms with Crippen molar-refractivity contribution < 1.29 is 28.6 Å². The maximum absolute atomic E-state index is 12.9. The number of hydrogen-bond donors (Lipinski definition) is 1. The van der Waals surface area contributed by atoms with Gasteiger partial charge in [-0.25, -0.2) is 0 Å². The summed E-state index contributed by atoms with van der Waals surface area (Å²) in [5.74, 6) is -0.268. The number of nitrogens with zero attached hydrogens (tertiary/aromatic N) is 1. The number of furan rings is 1. The van der Waals surface area contributed by atoms with Crippen molar-refractivity contribution in [1.82, 2.24) is 4.90 Å². The smallest absolute Gasteiger partial charge is 0.290 e. The quantitative estimate of drug-likeness (QED) is 0.549. The minimum atomic E-state index is -0.699. The number of hydrogen-bond acceptors (Lipinski definition) is 7. The van der Waals surface area contributed by atoms with Crippen LogP contribution >= 0.6 is 11.3 Å². The summed E-state index contributed by atoms with van der Waals surface area (Å²) in [4.78, 5) is 27.9. The molecular formula is C22H19NO6S. The van der Waals surface area contributed by atoms with Crippen molar-refractivity contribution in [2.75, 3.05) is 20.3 Å². The van der Waals surface area contributed by atoms with E-state index in [1.54, 1.807) is 37.4 Å². The van der Waals surface area contributed by atoms with Gasteiger partial charge >= 0.3 is 0 Å². The summed E-state index contributed by atoms with van der Waals surface area (Å²) in [7, 11) is 1.58. The van der Waals surface area contributed by atoms with Gasteiger partial charge in [0, 0.05) is 4.88 Å². The topological polar surface area (TPSA) is 89.2 Å². The molecule has 2 aromatic heterocycles. The van der Waals surface area contributed by atoms with Crippen LogP contribution in [-0.2, 0) is 4.79 Å². The maximum Gasteiger partial charge on any atom is 0.290 e. The Morgan fingerprint density at radius 1 is 1.17 bits per heavy atom. The summed E-state index contributed by atoms with van der Waals surface area (Å²) in [5, 5.41) is 12.4. The van der Waals surface area contributed by atoms with Crippen molar-refractivity contribution in [3.8, 4) is 11.5 Å². The van der Waals surface area contributed by atoms with Gasteiger partial charge in [-0.15, -0.1) is 11.3 Å². The van der Waals surface area contributed by atoms with Gasteiger partial charge in [-0.1, -0.05) is 6.07 Å². The summed E-state index contributed by atoms with van der Waals surface area (Å²) in [5.41, 5.74) is 0.0156. The second kappa shape index (κ2) is 8.46. The minimum absolute atomic E-state index is 0.0156. The molecule has 4 rings (SSSR count). The molecule has 0 aliphatic carbocycles. The molecule has 1 aromatic carbocycles. The summed E-state index contributed by atoms with van der Waals surface area (Å²) < 4.78 is 16.0. The number of amides is 1. The number of carbonyl (C=O) groups is 2. The first-order chi connectivity index (χ1) is 14.6. The third-order valence-electron chi connectivity index (χ3n) is 4.77. The Hall–Kier alpha value is -3.52. The number of ketones is 1. The lowest BCUT2D eigenvalue weighted by Gasteiger charge is -2.25. The van der Waals surface area contributed by atoms with Crippen molar-refractivity contribution in [2.24, 2.45) is 0 Å². The summed E-state index contributed by atoms with van der Waals surface area (Å²) in [6.07, 6.45) is 1.38. The van der Waals surface area contributed by atoms with Gasteiger partial charge in [0.1, 0.15) is 18.1 Å². The fourth-order valence-corrected chi connectivity index (χ4v) is 4.18. The van der Waals surface area contributed by atoms with E-state index in [1.165, 1.54) is 28.6 Å². The first kappa shape index (κ1) is 19.8. The van der Waals surface area contributed by atoms with Gasteiger partial charge in [0.25, 0.3) is 5.91 Å². The SMILES string of the molecule is COc1ccc(OCCN2C(=O)C(O)=C(C(=O)c3ccco3)C2c2cccs2)cc1. The highest BCUT2D eigenvalue weighted by molar-refractivity contribution is 7.10. The Morgan fingerprint density at radius 2 is 1.93 bits per heavy atom.